The molecule has 1 aliphatic carbocycles. The van der Waals surface area contributed by atoms with Gasteiger partial charge in [-0.2, -0.15) is 0 Å². The van der Waals surface area contributed by atoms with Gasteiger partial charge in [-0.05, 0) is 114 Å². The summed E-state index contributed by atoms with van der Waals surface area (Å²) in [7, 11) is 0. The Hall–Kier alpha value is -0.580. The summed E-state index contributed by atoms with van der Waals surface area (Å²) < 4.78 is 1.19. The summed E-state index contributed by atoms with van der Waals surface area (Å²) in [6, 6.07) is 6.61. The fourth-order valence-electron chi connectivity index (χ4n) is 5.27. The maximum Gasteiger partial charge on any atom is 0.219 e. The highest BCUT2D eigenvalue weighted by Crippen LogP contribution is 2.31. The quantitative estimate of drug-likeness (QED) is 0.462. The van der Waals surface area contributed by atoms with Gasteiger partial charge in [-0.15, -0.1) is 0 Å². The van der Waals surface area contributed by atoms with Gasteiger partial charge in [0.05, 0.1) is 0 Å². The van der Waals surface area contributed by atoms with Crippen LogP contribution in [-0.2, 0) is 11.2 Å². The van der Waals surface area contributed by atoms with E-state index in [2.05, 4.69) is 44.8 Å². The average molecular weight is 484 g/mol. The molecule has 2 aliphatic rings. The first-order valence-corrected chi connectivity index (χ1v) is 12.6. The molecule has 162 valence electrons. The van der Waals surface area contributed by atoms with Gasteiger partial charge in [0.2, 0.25) is 5.91 Å². The minimum absolute atomic E-state index is 0.239. The number of carbonyl (C=O) groups excluding carboxylic acids is 1. The molecule has 0 unspecified atom stereocenters. The Morgan fingerprint density at radius 1 is 1.14 bits per heavy atom. The van der Waals surface area contributed by atoms with Gasteiger partial charge in [0.15, 0.2) is 0 Å². The highest BCUT2D eigenvalue weighted by atomic mass is 79.9. The third-order valence-corrected chi connectivity index (χ3v) is 8.09. The number of carbonyl (C=O) groups is 1. The number of halogens is 2. The largest absolute Gasteiger partial charge is 0.340 e. The normalized spacial score (nSPS) is 23.9. The van der Waals surface area contributed by atoms with Gasteiger partial charge in [0.1, 0.15) is 0 Å². The summed E-state index contributed by atoms with van der Waals surface area (Å²) in [6.07, 6.45) is 9.97. The molecule has 1 aromatic rings. The van der Waals surface area contributed by atoms with E-state index in [0.717, 1.165) is 29.8 Å². The second-order valence-electron chi connectivity index (χ2n) is 8.99. The monoisotopic (exact) mass is 482 g/mol. The van der Waals surface area contributed by atoms with E-state index < -0.39 is 0 Å². The molecule has 0 aromatic heterocycles. The third-order valence-electron chi connectivity index (χ3n) is 7.08. The second kappa shape index (κ2) is 11.2. The van der Waals surface area contributed by atoms with Crippen LogP contribution < -0.4 is 0 Å². The molecule has 1 aliphatic heterocycles. The molecule has 0 spiro atoms. The lowest BCUT2D eigenvalue weighted by atomic mass is 9.83. The number of likely N-dealkylation sites (tertiary alicyclic amines) is 1. The fraction of sp³-hybridized carbons (Fsp3) is 0.708. The Kier molecular flexibility index (Phi) is 8.88. The fourth-order valence-corrected chi connectivity index (χ4v) is 5.88. The Balaban J connectivity index is 1.35. The molecule has 1 aromatic carbocycles. The van der Waals surface area contributed by atoms with Crippen LogP contribution in [0.5, 0.6) is 0 Å². The molecule has 3 rings (SSSR count). The molecule has 5 heteroatoms. The van der Waals surface area contributed by atoms with E-state index in [-0.39, 0.29) is 5.91 Å². The Morgan fingerprint density at radius 3 is 2.45 bits per heavy atom. The van der Waals surface area contributed by atoms with Crippen molar-refractivity contribution in [2.45, 2.75) is 71.3 Å². The number of benzene rings is 1. The second-order valence-corrected chi connectivity index (χ2v) is 10.3. The zero-order valence-corrected chi connectivity index (χ0v) is 20.3. The van der Waals surface area contributed by atoms with Crippen molar-refractivity contribution in [1.29, 1.82) is 0 Å². The lowest BCUT2D eigenvalue weighted by molar-refractivity contribution is -0.131. The first kappa shape index (κ1) is 23.1. The van der Waals surface area contributed by atoms with Crippen LogP contribution in [0.3, 0.4) is 0 Å². The maximum absolute atomic E-state index is 11.8. The van der Waals surface area contributed by atoms with Crippen LogP contribution in [0.1, 0.15) is 64.4 Å². The van der Waals surface area contributed by atoms with Crippen molar-refractivity contribution in [3.05, 3.63) is 33.3 Å². The van der Waals surface area contributed by atoms with E-state index >= 15 is 0 Å². The first-order valence-electron chi connectivity index (χ1n) is 11.4. The van der Waals surface area contributed by atoms with Crippen molar-refractivity contribution in [3.63, 3.8) is 0 Å². The highest BCUT2D eigenvalue weighted by Gasteiger charge is 2.27. The van der Waals surface area contributed by atoms with Gasteiger partial charge in [0, 0.05) is 29.0 Å². The van der Waals surface area contributed by atoms with Crippen molar-refractivity contribution in [2.75, 3.05) is 26.2 Å². The molecule has 1 amide bonds. The minimum atomic E-state index is 0.239. The predicted molar refractivity (Wildman–Crippen MR) is 125 cm³/mol. The zero-order chi connectivity index (χ0) is 20.8. The summed E-state index contributed by atoms with van der Waals surface area (Å²) in [5.41, 5.74) is 1.35. The zero-order valence-electron chi connectivity index (χ0n) is 18.0. The number of piperidine rings is 1. The topological polar surface area (TPSA) is 23.6 Å². The van der Waals surface area contributed by atoms with E-state index in [0.29, 0.717) is 6.04 Å². The van der Waals surface area contributed by atoms with E-state index in [1.165, 1.54) is 74.6 Å². The van der Waals surface area contributed by atoms with E-state index in [1.807, 2.05) is 6.07 Å². The Labute approximate surface area is 190 Å². The molecule has 0 atom stereocenters. The molecule has 2 fully saturated rings. The molecule has 0 radical (unpaired) electrons. The molecule has 1 saturated carbocycles. The maximum atomic E-state index is 11.8. The SMILES string of the molecule is CCN(C(C)=O)[C@H]1CC[C@H](CCN2CCC(Cc3cc(Cl)ccc3Br)CC2)CC1. The summed E-state index contributed by atoms with van der Waals surface area (Å²) >= 11 is 9.85. The average Bonchev–Trinajstić information content (AvgIpc) is 2.71. The lowest BCUT2D eigenvalue weighted by Gasteiger charge is -2.37. The highest BCUT2D eigenvalue weighted by molar-refractivity contribution is 9.10. The summed E-state index contributed by atoms with van der Waals surface area (Å²) in [6.45, 7) is 8.36. The van der Waals surface area contributed by atoms with Crippen molar-refractivity contribution in [2.24, 2.45) is 11.8 Å². The van der Waals surface area contributed by atoms with Crippen LogP contribution in [0.4, 0.5) is 0 Å². The molecular weight excluding hydrogens is 448 g/mol. The van der Waals surface area contributed by atoms with E-state index in [1.54, 1.807) is 6.92 Å². The summed E-state index contributed by atoms with van der Waals surface area (Å²) in [4.78, 5) is 16.5. The van der Waals surface area contributed by atoms with Crippen LogP contribution in [0.2, 0.25) is 5.02 Å². The van der Waals surface area contributed by atoms with Crippen LogP contribution in [0, 0.1) is 11.8 Å². The van der Waals surface area contributed by atoms with Crippen molar-refractivity contribution < 1.29 is 4.79 Å². The van der Waals surface area contributed by atoms with E-state index in [9.17, 15) is 4.79 Å². The van der Waals surface area contributed by atoms with Crippen molar-refractivity contribution >= 4 is 33.4 Å². The molecule has 29 heavy (non-hydrogen) atoms. The van der Waals surface area contributed by atoms with Gasteiger partial charge >= 0.3 is 0 Å². The minimum Gasteiger partial charge on any atom is -0.340 e. The molecule has 1 saturated heterocycles. The van der Waals surface area contributed by atoms with Crippen LogP contribution >= 0.6 is 27.5 Å². The molecular formula is C24H36BrClN2O. The van der Waals surface area contributed by atoms with E-state index in [4.69, 9.17) is 11.6 Å². The smallest absolute Gasteiger partial charge is 0.219 e. The Bertz CT molecular complexity index is 667. The standard InChI is InChI=1S/C24H36BrClN2O/c1-3-28(18(2)29)23-7-4-19(5-8-23)10-13-27-14-11-20(12-15-27)16-21-17-22(26)6-9-24(21)25/h6,9,17,19-20,23H,3-5,7-8,10-16H2,1-2H3/t19-,23-. The first-order chi connectivity index (χ1) is 14.0. The number of hydrogen-bond donors (Lipinski definition) is 0. The van der Waals surface area contributed by atoms with Crippen molar-refractivity contribution in [3.8, 4) is 0 Å². The molecule has 0 bridgehead atoms. The number of amides is 1. The summed E-state index contributed by atoms with van der Waals surface area (Å²) in [5, 5.41) is 0.834. The number of rotatable bonds is 7. The third kappa shape index (κ3) is 6.70. The van der Waals surface area contributed by atoms with Gasteiger partial charge in [-0.25, -0.2) is 0 Å². The molecule has 1 heterocycles. The number of hydrogen-bond acceptors (Lipinski definition) is 2. The van der Waals surface area contributed by atoms with Gasteiger partial charge in [0.25, 0.3) is 0 Å². The van der Waals surface area contributed by atoms with Crippen LogP contribution in [0.25, 0.3) is 0 Å². The van der Waals surface area contributed by atoms with Crippen molar-refractivity contribution in [1.82, 2.24) is 9.80 Å². The van der Waals surface area contributed by atoms with Gasteiger partial charge in [-0.3, -0.25) is 4.79 Å². The predicted octanol–water partition coefficient (Wildman–Crippen LogP) is 6.17. The van der Waals surface area contributed by atoms with Gasteiger partial charge < -0.3 is 9.80 Å². The Morgan fingerprint density at radius 2 is 1.83 bits per heavy atom. The summed E-state index contributed by atoms with van der Waals surface area (Å²) in [5.74, 6) is 1.85. The number of nitrogens with zero attached hydrogens (tertiary/aromatic N) is 2. The lowest BCUT2D eigenvalue weighted by Crippen LogP contribution is -2.41. The molecule has 0 N–H and O–H groups in total. The van der Waals surface area contributed by atoms with Gasteiger partial charge in [-0.1, -0.05) is 27.5 Å². The molecule has 3 nitrogen and oxygen atoms in total. The van der Waals surface area contributed by atoms with Crippen LogP contribution in [-0.4, -0.2) is 47.9 Å². The van der Waals surface area contributed by atoms with Crippen LogP contribution in [0.15, 0.2) is 22.7 Å².